The van der Waals surface area contributed by atoms with Crippen molar-refractivity contribution < 1.29 is 9.59 Å². The Morgan fingerprint density at radius 2 is 1.71 bits per heavy atom. The van der Waals surface area contributed by atoms with E-state index in [-0.39, 0.29) is 29.6 Å². The number of nitrogens with one attached hydrogen (secondary N) is 1. The lowest BCUT2D eigenvalue weighted by atomic mass is 9.71. The summed E-state index contributed by atoms with van der Waals surface area (Å²) in [6, 6.07) is 7.65. The first kappa shape index (κ1) is 23.0. The molecular formula is C21H32ClN3O2S. The molecule has 2 fully saturated rings. The van der Waals surface area contributed by atoms with Crippen LogP contribution in [0, 0.1) is 5.41 Å². The normalized spacial score (nSPS) is 18.8. The second-order valence-electron chi connectivity index (χ2n) is 7.86. The predicted octanol–water partition coefficient (Wildman–Crippen LogP) is 3.46. The van der Waals surface area contributed by atoms with Crippen molar-refractivity contribution in [2.45, 2.75) is 44.9 Å². The number of anilines is 1. The van der Waals surface area contributed by atoms with E-state index in [1.54, 1.807) is 0 Å². The van der Waals surface area contributed by atoms with Crippen LogP contribution in [0.15, 0.2) is 24.3 Å². The van der Waals surface area contributed by atoms with E-state index >= 15 is 0 Å². The molecule has 1 aromatic carbocycles. The number of carbonyl (C=O) groups excluding carboxylic acids is 2. The first-order valence-corrected chi connectivity index (χ1v) is 11.2. The van der Waals surface area contributed by atoms with Gasteiger partial charge in [-0.05, 0) is 42.5 Å². The van der Waals surface area contributed by atoms with Crippen LogP contribution in [-0.2, 0) is 16.0 Å². The Bertz CT molecular complexity index is 642. The van der Waals surface area contributed by atoms with Gasteiger partial charge in [-0.25, -0.2) is 0 Å². The second-order valence-corrected chi connectivity index (χ2v) is 9.08. The van der Waals surface area contributed by atoms with E-state index < -0.39 is 0 Å². The number of halogens is 1. The van der Waals surface area contributed by atoms with E-state index in [2.05, 4.69) is 5.32 Å². The van der Waals surface area contributed by atoms with Gasteiger partial charge in [0.2, 0.25) is 11.8 Å². The Kier molecular flexibility index (Phi) is 9.12. The molecule has 0 atom stereocenters. The summed E-state index contributed by atoms with van der Waals surface area (Å²) in [5, 5.41) is 3.00. The number of hydrogen-bond acceptors (Lipinski definition) is 4. The third-order valence-corrected chi connectivity index (χ3v) is 6.78. The minimum atomic E-state index is -0.0264. The Morgan fingerprint density at radius 3 is 2.32 bits per heavy atom. The summed E-state index contributed by atoms with van der Waals surface area (Å²) in [6.07, 6.45) is 6.61. The van der Waals surface area contributed by atoms with Crippen molar-refractivity contribution >= 4 is 41.7 Å². The van der Waals surface area contributed by atoms with Gasteiger partial charge in [-0.2, -0.15) is 11.8 Å². The molecule has 3 N–H and O–H groups in total. The zero-order valence-corrected chi connectivity index (χ0v) is 18.1. The van der Waals surface area contributed by atoms with Gasteiger partial charge in [0.15, 0.2) is 0 Å². The van der Waals surface area contributed by atoms with E-state index in [1.165, 1.54) is 19.3 Å². The average Bonchev–Trinajstić information content (AvgIpc) is 2.70. The lowest BCUT2D eigenvalue weighted by Crippen LogP contribution is -2.38. The molecule has 2 amide bonds. The number of thioether (sulfide) groups is 1. The standard InChI is InChI=1S/C21H31N3O2S.ClH/c22-16-21(8-2-1-3-9-21)15-19(25)23-18-6-4-17(5-7-18)14-20(26)24-10-12-27-13-11-24;/h4-7H,1-3,8-16,22H2,(H,23,25);1H. The van der Waals surface area contributed by atoms with Crippen LogP contribution in [0.5, 0.6) is 0 Å². The summed E-state index contributed by atoms with van der Waals surface area (Å²) >= 11 is 1.90. The minimum Gasteiger partial charge on any atom is -0.341 e. The van der Waals surface area contributed by atoms with E-state index in [4.69, 9.17) is 5.73 Å². The van der Waals surface area contributed by atoms with E-state index in [0.29, 0.717) is 19.4 Å². The molecule has 3 rings (SSSR count). The van der Waals surface area contributed by atoms with E-state index in [9.17, 15) is 9.59 Å². The third kappa shape index (κ3) is 6.39. The molecule has 2 aliphatic rings. The van der Waals surface area contributed by atoms with Crippen LogP contribution in [0.3, 0.4) is 0 Å². The fraction of sp³-hybridized carbons (Fsp3) is 0.619. The van der Waals surface area contributed by atoms with Gasteiger partial charge in [-0.1, -0.05) is 31.4 Å². The van der Waals surface area contributed by atoms with E-state index in [1.807, 2.05) is 40.9 Å². The molecule has 1 aliphatic heterocycles. The minimum absolute atomic E-state index is 0. The highest BCUT2D eigenvalue weighted by molar-refractivity contribution is 7.99. The van der Waals surface area contributed by atoms with Crippen molar-refractivity contribution in [2.75, 3.05) is 36.5 Å². The number of nitrogens with two attached hydrogens (primary N) is 1. The molecular weight excluding hydrogens is 394 g/mol. The van der Waals surface area contributed by atoms with Crippen molar-refractivity contribution in [3.63, 3.8) is 0 Å². The highest BCUT2D eigenvalue weighted by Crippen LogP contribution is 2.38. The van der Waals surface area contributed by atoms with Gasteiger partial charge in [0.1, 0.15) is 0 Å². The average molecular weight is 426 g/mol. The van der Waals surface area contributed by atoms with Crippen LogP contribution >= 0.6 is 24.2 Å². The molecule has 28 heavy (non-hydrogen) atoms. The topological polar surface area (TPSA) is 75.4 Å². The van der Waals surface area contributed by atoms with Gasteiger partial charge in [-0.15, -0.1) is 12.4 Å². The quantitative estimate of drug-likeness (QED) is 0.731. The summed E-state index contributed by atoms with van der Waals surface area (Å²) in [4.78, 5) is 26.8. The maximum absolute atomic E-state index is 12.5. The molecule has 5 nitrogen and oxygen atoms in total. The van der Waals surface area contributed by atoms with Crippen LogP contribution in [0.4, 0.5) is 5.69 Å². The molecule has 1 aliphatic carbocycles. The highest BCUT2D eigenvalue weighted by Gasteiger charge is 2.32. The maximum Gasteiger partial charge on any atom is 0.227 e. The Labute approximate surface area is 178 Å². The highest BCUT2D eigenvalue weighted by atomic mass is 35.5. The van der Waals surface area contributed by atoms with Crippen molar-refractivity contribution in [3.05, 3.63) is 29.8 Å². The zero-order valence-electron chi connectivity index (χ0n) is 16.5. The fourth-order valence-electron chi connectivity index (χ4n) is 4.11. The van der Waals surface area contributed by atoms with Gasteiger partial charge < -0.3 is 16.0 Å². The van der Waals surface area contributed by atoms with Gasteiger partial charge in [-0.3, -0.25) is 9.59 Å². The van der Waals surface area contributed by atoms with E-state index in [0.717, 1.165) is 48.7 Å². The van der Waals surface area contributed by atoms with Crippen LogP contribution < -0.4 is 11.1 Å². The summed E-state index contributed by atoms with van der Waals surface area (Å²) < 4.78 is 0. The number of hydrogen-bond donors (Lipinski definition) is 2. The van der Waals surface area contributed by atoms with Gasteiger partial charge in [0, 0.05) is 36.7 Å². The van der Waals surface area contributed by atoms with Gasteiger partial charge in [0.05, 0.1) is 6.42 Å². The lowest BCUT2D eigenvalue weighted by Gasteiger charge is -2.35. The Morgan fingerprint density at radius 1 is 1.07 bits per heavy atom. The third-order valence-electron chi connectivity index (χ3n) is 5.84. The lowest BCUT2D eigenvalue weighted by molar-refractivity contribution is -0.130. The van der Waals surface area contributed by atoms with Crippen LogP contribution in [-0.4, -0.2) is 47.9 Å². The number of nitrogens with zero attached hydrogens (tertiary/aromatic N) is 1. The smallest absolute Gasteiger partial charge is 0.227 e. The Balaban J connectivity index is 0.00000280. The molecule has 0 radical (unpaired) electrons. The fourth-order valence-corrected chi connectivity index (χ4v) is 5.01. The van der Waals surface area contributed by atoms with Crippen molar-refractivity contribution in [2.24, 2.45) is 11.1 Å². The summed E-state index contributed by atoms with van der Waals surface area (Å²) in [5.74, 6) is 2.29. The molecule has 0 unspecified atom stereocenters. The number of benzene rings is 1. The molecule has 0 bridgehead atoms. The molecule has 0 spiro atoms. The molecule has 1 aromatic rings. The van der Waals surface area contributed by atoms with Crippen LogP contribution in [0.25, 0.3) is 0 Å². The molecule has 156 valence electrons. The summed E-state index contributed by atoms with van der Waals surface area (Å²) in [5.41, 5.74) is 7.74. The largest absolute Gasteiger partial charge is 0.341 e. The van der Waals surface area contributed by atoms with Crippen molar-refractivity contribution in [3.8, 4) is 0 Å². The Hall–Kier alpha value is -1.24. The van der Waals surface area contributed by atoms with Crippen LogP contribution in [0.1, 0.15) is 44.1 Å². The van der Waals surface area contributed by atoms with Gasteiger partial charge >= 0.3 is 0 Å². The van der Waals surface area contributed by atoms with Crippen molar-refractivity contribution in [1.82, 2.24) is 4.90 Å². The first-order chi connectivity index (χ1) is 13.1. The molecule has 1 saturated heterocycles. The SMILES string of the molecule is Cl.NCC1(CC(=O)Nc2ccc(CC(=O)N3CCSCC3)cc2)CCCCC1. The van der Waals surface area contributed by atoms with Crippen molar-refractivity contribution in [1.29, 1.82) is 0 Å². The molecule has 0 aromatic heterocycles. The summed E-state index contributed by atoms with van der Waals surface area (Å²) in [7, 11) is 0. The number of rotatable bonds is 6. The molecule has 1 heterocycles. The second kappa shape index (κ2) is 11.1. The maximum atomic E-state index is 12.5. The summed E-state index contributed by atoms with van der Waals surface area (Å²) in [6.45, 7) is 2.28. The molecule has 7 heteroatoms. The molecule has 1 saturated carbocycles. The number of carbonyl (C=O) groups is 2. The first-order valence-electron chi connectivity index (χ1n) is 10.0. The number of amides is 2. The zero-order chi connectivity index (χ0) is 19.1. The van der Waals surface area contributed by atoms with Crippen LogP contribution in [0.2, 0.25) is 0 Å². The predicted molar refractivity (Wildman–Crippen MR) is 119 cm³/mol. The monoisotopic (exact) mass is 425 g/mol. The van der Waals surface area contributed by atoms with Gasteiger partial charge in [0.25, 0.3) is 0 Å².